The van der Waals surface area contributed by atoms with Gasteiger partial charge in [-0.25, -0.2) is 0 Å². The number of aryl methyl sites for hydroxylation is 1. The van der Waals surface area contributed by atoms with E-state index >= 15 is 0 Å². The Balaban J connectivity index is 2.07. The summed E-state index contributed by atoms with van der Waals surface area (Å²) in [6.45, 7) is 1.99. The predicted octanol–water partition coefficient (Wildman–Crippen LogP) is 4.21. The van der Waals surface area contributed by atoms with Crippen molar-refractivity contribution >= 4 is 11.4 Å². The molecule has 0 heterocycles. The first-order chi connectivity index (χ1) is 9.36. The van der Waals surface area contributed by atoms with Crippen LogP contribution in [-0.4, -0.2) is 0 Å². The van der Waals surface area contributed by atoms with E-state index in [2.05, 4.69) is 5.32 Å². The largest absolute Gasteiger partial charge is 0.416 e. The zero-order valence-electron chi connectivity index (χ0n) is 11.0. The number of hydrogen-bond acceptors (Lipinski definition) is 2. The molecule has 0 atom stereocenters. The molecule has 0 aliphatic rings. The third-order valence-electron chi connectivity index (χ3n) is 3.01. The number of nitrogen functional groups attached to an aromatic ring is 1. The van der Waals surface area contributed by atoms with E-state index in [0.717, 1.165) is 11.6 Å². The lowest BCUT2D eigenvalue weighted by Crippen LogP contribution is -2.08. The monoisotopic (exact) mass is 280 g/mol. The third-order valence-corrected chi connectivity index (χ3v) is 3.01. The van der Waals surface area contributed by atoms with Crippen LogP contribution in [0.15, 0.2) is 42.5 Å². The van der Waals surface area contributed by atoms with Crippen LogP contribution >= 0.6 is 0 Å². The molecule has 5 heteroatoms. The van der Waals surface area contributed by atoms with Gasteiger partial charge in [0.25, 0.3) is 0 Å². The number of halogens is 3. The zero-order valence-corrected chi connectivity index (χ0v) is 11.0. The summed E-state index contributed by atoms with van der Waals surface area (Å²) in [5.74, 6) is 0. The number of hydrogen-bond donors (Lipinski definition) is 2. The van der Waals surface area contributed by atoms with Crippen molar-refractivity contribution in [3.05, 3.63) is 59.2 Å². The highest BCUT2D eigenvalue weighted by atomic mass is 19.4. The minimum atomic E-state index is -4.31. The van der Waals surface area contributed by atoms with Gasteiger partial charge in [-0.15, -0.1) is 0 Å². The van der Waals surface area contributed by atoms with Gasteiger partial charge < -0.3 is 11.1 Å². The Morgan fingerprint density at radius 1 is 1.05 bits per heavy atom. The summed E-state index contributed by atoms with van der Waals surface area (Å²) in [5, 5.41) is 3.09. The molecule has 0 aliphatic carbocycles. The Morgan fingerprint density at radius 3 is 2.25 bits per heavy atom. The minimum absolute atomic E-state index is 0.208. The summed E-state index contributed by atoms with van der Waals surface area (Å²) in [6, 6.07) is 11.4. The molecular weight excluding hydrogens is 265 g/mol. The van der Waals surface area contributed by atoms with E-state index in [0.29, 0.717) is 17.9 Å². The highest BCUT2D eigenvalue weighted by Crippen LogP contribution is 2.32. The number of rotatable bonds is 3. The summed E-state index contributed by atoms with van der Waals surface area (Å²) in [7, 11) is 0. The fourth-order valence-electron chi connectivity index (χ4n) is 1.93. The van der Waals surface area contributed by atoms with Gasteiger partial charge in [-0.1, -0.05) is 12.1 Å². The van der Waals surface area contributed by atoms with Gasteiger partial charge in [0.2, 0.25) is 0 Å². The molecule has 0 saturated heterocycles. The first-order valence-electron chi connectivity index (χ1n) is 6.12. The third kappa shape index (κ3) is 3.44. The van der Waals surface area contributed by atoms with Crippen LogP contribution in [0.5, 0.6) is 0 Å². The van der Waals surface area contributed by atoms with Gasteiger partial charge in [-0.2, -0.15) is 13.2 Å². The highest BCUT2D eigenvalue weighted by molar-refractivity contribution is 5.50. The van der Waals surface area contributed by atoms with Crippen molar-refractivity contribution in [1.29, 1.82) is 0 Å². The fourth-order valence-corrected chi connectivity index (χ4v) is 1.93. The summed E-state index contributed by atoms with van der Waals surface area (Å²) in [5.41, 5.74) is 7.54. The van der Waals surface area contributed by atoms with Crippen molar-refractivity contribution in [2.24, 2.45) is 0 Å². The zero-order chi connectivity index (χ0) is 14.8. The van der Waals surface area contributed by atoms with Crippen molar-refractivity contribution < 1.29 is 13.2 Å². The molecule has 2 aromatic rings. The van der Waals surface area contributed by atoms with Gasteiger partial charge in [-0.3, -0.25) is 0 Å². The molecule has 2 nitrogen and oxygen atoms in total. The highest BCUT2D eigenvalue weighted by Gasteiger charge is 2.32. The number of nitrogens with two attached hydrogens (primary N) is 1. The molecule has 0 aliphatic heterocycles. The van der Waals surface area contributed by atoms with Crippen LogP contribution in [-0.2, 0) is 12.7 Å². The normalized spacial score (nSPS) is 11.4. The SMILES string of the molecule is Cc1cc(NCc2ccc(N)cc2)ccc1C(F)(F)F. The second-order valence-electron chi connectivity index (χ2n) is 4.62. The van der Waals surface area contributed by atoms with E-state index in [1.807, 2.05) is 12.1 Å². The van der Waals surface area contributed by atoms with Crippen molar-refractivity contribution in [2.45, 2.75) is 19.6 Å². The molecule has 106 valence electrons. The fraction of sp³-hybridized carbons (Fsp3) is 0.200. The first kappa shape index (κ1) is 14.2. The van der Waals surface area contributed by atoms with Gasteiger partial charge in [0, 0.05) is 17.9 Å². The van der Waals surface area contributed by atoms with Crippen LogP contribution in [0, 0.1) is 6.92 Å². The molecular formula is C15H15F3N2. The molecule has 0 bridgehead atoms. The van der Waals surface area contributed by atoms with E-state index in [9.17, 15) is 13.2 Å². The Morgan fingerprint density at radius 2 is 1.70 bits per heavy atom. The average Bonchev–Trinajstić information content (AvgIpc) is 2.36. The maximum absolute atomic E-state index is 12.6. The van der Waals surface area contributed by atoms with Crippen molar-refractivity contribution in [2.75, 3.05) is 11.1 Å². The Labute approximate surface area is 115 Å². The summed E-state index contributed by atoms with van der Waals surface area (Å²) in [6.07, 6.45) is -4.31. The maximum atomic E-state index is 12.6. The van der Waals surface area contributed by atoms with Crippen molar-refractivity contribution in [1.82, 2.24) is 0 Å². The number of anilines is 2. The van der Waals surface area contributed by atoms with Crippen LogP contribution in [0.3, 0.4) is 0 Å². The number of nitrogens with one attached hydrogen (secondary N) is 1. The van der Waals surface area contributed by atoms with Crippen molar-refractivity contribution in [3.8, 4) is 0 Å². The van der Waals surface area contributed by atoms with E-state index < -0.39 is 11.7 Å². The number of alkyl halides is 3. The lowest BCUT2D eigenvalue weighted by molar-refractivity contribution is -0.138. The van der Waals surface area contributed by atoms with Gasteiger partial charge >= 0.3 is 6.18 Å². The first-order valence-corrected chi connectivity index (χ1v) is 6.12. The van der Waals surface area contributed by atoms with Gasteiger partial charge in [0.15, 0.2) is 0 Å². The standard InChI is InChI=1S/C15H15F3N2/c1-10-8-13(6-7-14(10)15(16,17)18)20-9-11-2-4-12(19)5-3-11/h2-8,20H,9,19H2,1H3. The summed E-state index contributed by atoms with van der Waals surface area (Å²) in [4.78, 5) is 0. The minimum Gasteiger partial charge on any atom is -0.399 e. The quantitative estimate of drug-likeness (QED) is 0.827. The van der Waals surface area contributed by atoms with Crippen LogP contribution in [0.4, 0.5) is 24.5 Å². The van der Waals surface area contributed by atoms with E-state index in [1.165, 1.54) is 19.1 Å². The van der Waals surface area contributed by atoms with Crippen LogP contribution in [0.2, 0.25) is 0 Å². The molecule has 20 heavy (non-hydrogen) atoms. The second kappa shape index (κ2) is 5.45. The van der Waals surface area contributed by atoms with E-state index in [1.54, 1.807) is 12.1 Å². The van der Waals surface area contributed by atoms with Gasteiger partial charge in [0.05, 0.1) is 5.56 Å². The molecule has 0 saturated carbocycles. The molecule has 2 aromatic carbocycles. The molecule has 0 amide bonds. The predicted molar refractivity (Wildman–Crippen MR) is 74.4 cm³/mol. The molecule has 0 spiro atoms. The van der Waals surface area contributed by atoms with Crippen LogP contribution < -0.4 is 11.1 Å². The Hall–Kier alpha value is -2.17. The van der Waals surface area contributed by atoms with Gasteiger partial charge in [-0.05, 0) is 48.4 Å². The molecule has 0 unspecified atom stereocenters. The summed E-state index contributed by atoms with van der Waals surface area (Å²) < 4.78 is 37.9. The number of benzene rings is 2. The van der Waals surface area contributed by atoms with Crippen LogP contribution in [0.1, 0.15) is 16.7 Å². The lowest BCUT2D eigenvalue weighted by Gasteiger charge is -2.13. The average molecular weight is 280 g/mol. The molecule has 3 N–H and O–H groups in total. The summed E-state index contributed by atoms with van der Waals surface area (Å²) >= 11 is 0. The Bertz CT molecular complexity index is 589. The van der Waals surface area contributed by atoms with Gasteiger partial charge in [0.1, 0.15) is 0 Å². The second-order valence-corrected chi connectivity index (χ2v) is 4.62. The topological polar surface area (TPSA) is 38.0 Å². The molecule has 2 rings (SSSR count). The van der Waals surface area contributed by atoms with Crippen molar-refractivity contribution in [3.63, 3.8) is 0 Å². The Kier molecular flexibility index (Phi) is 3.88. The lowest BCUT2D eigenvalue weighted by atomic mass is 10.1. The van der Waals surface area contributed by atoms with Crippen LogP contribution in [0.25, 0.3) is 0 Å². The molecule has 0 aromatic heterocycles. The molecule has 0 radical (unpaired) electrons. The maximum Gasteiger partial charge on any atom is 0.416 e. The molecule has 0 fully saturated rings. The van der Waals surface area contributed by atoms with E-state index in [-0.39, 0.29) is 5.56 Å². The van der Waals surface area contributed by atoms with E-state index in [4.69, 9.17) is 5.73 Å². The smallest absolute Gasteiger partial charge is 0.399 e.